The van der Waals surface area contributed by atoms with Crippen LogP contribution >= 0.6 is 0 Å². The molecular formula is C21H21N5O. The van der Waals surface area contributed by atoms with Crippen molar-refractivity contribution in [1.29, 1.82) is 5.41 Å². The van der Waals surface area contributed by atoms with Gasteiger partial charge in [0.25, 0.3) is 5.91 Å². The van der Waals surface area contributed by atoms with Crippen LogP contribution in [-0.4, -0.2) is 40.1 Å². The molecule has 1 aromatic carbocycles. The first-order chi connectivity index (χ1) is 13.2. The van der Waals surface area contributed by atoms with Gasteiger partial charge in [-0.1, -0.05) is 30.3 Å². The standard InChI is InChI=1S/C21H21N5O/c22-9-16(10-23)19-7-6-17-18(11-24-20(17)25-19)21(27)26-12-15(13-26)8-14-4-2-1-3-5-14/h1-7,9-11,15,22H,8,12-13,23H2,(H,24,25). The number of H-pyrrole nitrogens is 1. The molecular weight excluding hydrogens is 338 g/mol. The molecule has 6 heteroatoms. The van der Waals surface area contributed by atoms with Crippen molar-refractivity contribution in [2.75, 3.05) is 13.1 Å². The lowest BCUT2D eigenvalue weighted by atomic mass is 9.91. The van der Waals surface area contributed by atoms with Crippen molar-refractivity contribution in [3.63, 3.8) is 0 Å². The zero-order valence-corrected chi connectivity index (χ0v) is 14.9. The van der Waals surface area contributed by atoms with Crippen LogP contribution < -0.4 is 5.73 Å². The summed E-state index contributed by atoms with van der Waals surface area (Å²) in [5.41, 5.74) is 9.23. The highest BCUT2D eigenvalue weighted by Crippen LogP contribution is 2.26. The van der Waals surface area contributed by atoms with E-state index in [0.29, 0.717) is 28.4 Å². The summed E-state index contributed by atoms with van der Waals surface area (Å²) in [7, 11) is 0. The highest BCUT2D eigenvalue weighted by Gasteiger charge is 2.32. The number of fused-ring (bicyclic) bond motifs is 1. The van der Waals surface area contributed by atoms with E-state index in [2.05, 4.69) is 22.1 Å². The summed E-state index contributed by atoms with van der Waals surface area (Å²) in [5, 5.41) is 8.17. The summed E-state index contributed by atoms with van der Waals surface area (Å²) < 4.78 is 0. The van der Waals surface area contributed by atoms with Gasteiger partial charge in [-0.15, -0.1) is 0 Å². The Bertz CT molecular complexity index is 1020. The SMILES string of the molecule is N=CC(=CN)c1ccc2c(C(=O)N3CC(Cc4ccccc4)C3)c[nH]c2n1. The molecule has 0 atom stereocenters. The van der Waals surface area contributed by atoms with Crippen molar-refractivity contribution >= 4 is 28.7 Å². The first-order valence-electron chi connectivity index (χ1n) is 8.93. The number of pyridine rings is 1. The fourth-order valence-corrected chi connectivity index (χ4v) is 3.53. The van der Waals surface area contributed by atoms with Crippen LogP contribution in [0.4, 0.5) is 0 Å². The van der Waals surface area contributed by atoms with Crippen LogP contribution in [0.25, 0.3) is 16.6 Å². The lowest BCUT2D eigenvalue weighted by Crippen LogP contribution is -2.50. The number of amides is 1. The molecule has 6 nitrogen and oxygen atoms in total. The Hall–Kier alpha value is -3.41. The van der Waals surface area contributed by atoms with Crippen molar-refractivity contribution in [1.82, 2.24) is 14.9 Å². The van der Waals surface area contributed by atoms with Gasteiger partial charge in [0.05, 0.1) is 11.3 Å². The average Bonchev–Trinajstić information content (AvgIpc) is 3.09. The number of nitrogens with zero attached hydrogens (tertiary/aromatic N) is 2. The second-order valence-electron chi connectivity index (χ2n) is 6.83. The van der Waals surface area contributed by atoms with Crippen LogP contribution in [0.5, 0.6) is 0 Å². The number of hydrogen-bond donors (Lipinski definition) is 3. The number of carbonyl (C=O) groups is 1. The molecule has 1 saturated heterocycles. The van der Waals surface area contributed by atoms with E-state index in [0.717, 1.165) is 31.1 Å². The monoisotopic (exact) mass is 359 g/mol. The number of likely N-dealkylation sites (tertiary alicyclic amines) is 1. The van der Waals surface area contributed by atoms with Crippen LogP contribution in [0.3, 0.4) is 0 Å². The van der Waals surface area contributed by atoms with Gasteiger partial charge in [0.15, 0.2) is 0 Å². The molecule has 3 heterocycles. The summed E-state index contributed by atoms with van der Waals surface area (Å²) in [4.78, 5) is 22.3. The number of allylic oxidation sites excluding steroid dienone is 1. The number of nitrogens with one attached hydrogen (secondary N) is 2. The smallest absolute Gasteiger partial charge is 0.256 e. The molecule has 0 spiro atoms. The largest absolute Gasteiger partial charge is 0.404 e. The first-order valence-corrected chi connectivity index (χ1v) is 8.93. The van der Waals surface area contributed by atoms with Crippen LogP contribution in [0.15, 0.2) is 54.9 Å². The number of benzene rings is 1. The minimum atomic E-state index is 0.0294. The van der Waals surface area contributed by atoms with E-state index in [9.17, 15) is 4.79 Å². The number of aromatic nitrogens is 2. The summed E-state index contributed by atoms with van der Waals surface area (Å²) in [6.45, 7) is 1.56. The van der Waals surface area contributed by atoms with Gasteiger partial charge >= 0.3 is 0 Å². The van der Waals surface area contributed by atoms with Gasteiger partial charge in [-0.25, -0.2) is 4.98 Å². The zero-order chi connectivity index (χ0) is 18.8. The van der Waals surface area contributed by atoms with E-state index in [-0.39, 0.29) is 5.91 Å². The van der Waals surface area contributed by atoms with Crippen molar-refractivity contribution in [2.45, 2.75) is 6.42 Å². The molecule has 0 aliphatic carbocycles. The molecule has 1 aliphatic heterocycles. The maximum absolute atomic E-state index is 12.8. The molecule has 2 aromatic heterocycles. The van der Waals surface area contributed by atoms with Crippen LogP contribution in [0.1, 0.15) is 21.6 Å². The van der Waals surface area contributed by atoms with Crippen molar-refractivity contribution < 1.29 is 4.79 Å². The molecule has 27 heavy (non-hydrogen) atoms. The molecule has 1 amide bonds. The summed E-state index contributed by atoms with van der Waals surface area (Å²) in [5.74, 6) is 0.540. The van der Waals surface area contributed by atoms with Crippen LogP contribution in [-0.2, 0) is 6.42 Å². The number of nitrogens with two attached hydrogens (primary N) is 1. The molecule has 136 valence electrons. The number of hydrogen-bond acceptors (Lipinski definition) is 4. The number of carbonyl (C=O) groups excluding carboxylic acids is 1. The highest BCUT2D eigenvalue weighted by atomic mass is 16.2. The summed E-state index contributed by atoms with van der Waals surface area (Å²) in [6.07, 6.45) is 5.23. The highest BCUT2D eigenvalue weighted by molar-refractivity contribution is 6.09. The molecule has 1 aliphatic rings. The molecule has 3 aromatic rings. The fourth-order valence-electron chi connectivity index (χ4n) is 3.53. The average molecular weight is 359 g/mol. The Morgan fingerprint density at radius 3 is 2.74 bits per heavy atom. The Labute approximate surface area is 157 Å². The molecule has 0 unspecified atom stereocenters. The van der Waals surface area contributed by atoms with Gasteiger partial charge in [-0.2, -0.15) is 0 Å². The number of aromatic amines is 1. The summed E-state index contributed by atoms with van der Waals surface area (Å²) >= 11 is 0. The van der Waals surface area contributed by atoms with Gasteiger partial charge in [-0.3, -0.25) is 4.79 Å². The molecule has 0 saturated carbocycles. The third-order valence-corrected chi connectivity index (χ3v) is 5.01. The van der Waals surface area contributed by atoms with Crippen LogP contribution in [0.2, 0.25) is 0 Å². The van der Waals surface area contributed by atoms with E-state index in [1.54, 1.807) is 12.3 Å². The molecule has 0 bridgehead atoms. The third-order valence-electron chi connectivity index (χ3n) is 5.01. The maximum Gasteiger partial charge on any atom is 0.256 e. The Kier molecular flexibility index (Phi) is 4.46. The van der Waals surface area contributed by atoms with E-state index in [1.807, 2.05) is 29.2 Å². The predicted molar refractivity (Wildman–Crippen MR) is 107 cm³/mol. The van der Waals surface area contributed by atoms with Gasteiger partial charge in [0.2, 0.25) is 0 Å². The minimum Gasteiger partial charge on any atom is -0.404 e. The van der Waals surface area contributed by atoms with E-state index >= 15 is 0 Å². The van der Waals surface area contributed by atoms with Crippen LogP contribution in [0, 0.1) is 11.3 Å². The number of rotatable bonds is 5. The zero-order valence-electron chi connectivity index (χ0n) is 14.9. The topological polar surface area (TPSA) is 98.9 Å². The molecule has 4 rings (SSSR count). The first kappa shape index (κ1) is 17.0. The normalized spacial score (nSPS) is 15.0. The van der Waals surface area contributed by atoms with E-state index < -0.39 is 0 Å². The lowest BCUT2D eigenvalue weighted by molar-refractivity contribution is 0.0503. The van der Waals surface area contributed by atoms with Gasteiger partial charge < -0.3 is 21.0 Å². The quantitative estimate of drug-likeness (QED) is 0.611. The Morgan fingerprint density at radius 1 is 1.26 bits per heavy atom. The Morgan fingerprint density at radius 2 is 2.04 bits per heavy atom. The Balaban J connectivity index is 1.47. The van der Waals surface area contributed by atoms with Crippen molar-refractivity contribution in [3.8, 4) is 0 Å². The minimum absolute atomic E-state index is 0.0294. The van der Waals surface area contributed by atoms with Gasteiger partial charge in [0, 0.05) is 42.7 Å². The van der Waals surface area contributed by atoms with Gasteiger partial charge in [0.1, 0.15) is 5.65 Å². The summed E-state index contributed by atoms with van der Waals surface area (Å²) in [6, 6.07) is 14.0. The second kappa shape index (κ2) is 7.07. The maximum atomic E-state index is 12.8. The van der Waals surface area contributed by atoms with E-state index in [1.165, 1.54) is 11.8 Å². The predicted octanol–water partition coefficient (Wildman–Crippen LogP) is 2.83. The van der Waals surface area contributed by atoms with Crippen molar-refractivity contribution in [3.05, 3.63) is 71.7 Å². The lowest BCUT2D eigenvalue weighted by Gasteiger charge is -2.39. The molecule has 1 fully saturated rings. The molecule has 4 N–H and O–H groups in total. The third kappa shape index (κ3) is 3.21. The van der Waals surface area contributed by atoms with Gasteiger partial charge in [-0.05, 0) is 30.0 Å². The second-order valence-corrected chi connectivity index (χ2v) is 6.83. The fraction of sp³-hybridized carbons (Fsp3) is 0.190. The van der Waals surface area contributed by atoms with E-state index in [4.69, 9.17) is 11.1 Å². The molecule has 0 radical (unpaired) electrons. The van der Waals surface area contributed by atoms with Crippen molar-refractivity contribution in [2.24, 2.45) is 11.7 Å².